The van der Waals surface area contributed by atoms with Gasteiger partial charge < -0.3 is 14.6 Å². The summed E-state index contributed by atoms with van der Waals surface area (Å²) in [5.74, 6) is 0.668. The monoisotopic (exact) mass is 474 g/mol. The minimum atomic E-state index is -0.0451. The molecule has 1 amide bonds. The zero-order valence-corrected chi connectivity index (χ0v) is 20.8. The molecule has 5 rings (SSSR count). The third kappa shape index (κ3) is 6.50. The molecule has 186 valence electrons. The van der Waals surface area contributed by atoms with Gasteiger partial charge in [0.2, 0.25) is 0 Å². The smallest absolute Gasteiger partial charge is 0.251 e. The molecule has 1 aliphatic heterocycles. The zero-order valence-electron chi connectivity index (χ0n) is 20.8. The maximum Gasteiger partial charge on any atom is 0.251 e. The predicted octanol–water partition coefficient (Wildman–Crippen LogP) is 4.68. The Labute approximate surface area is 208 Å². The molecule has 0 atom stereocenters. The number of hydrogen-bond acceptors (Lipinski definition) is 5. The molecule has 2 aromatic carbocycles. The number of amides is 1. The number of rotatable bonds is 9. The molecule has 0 spiro atoms. The number of piperazine rings is 1. The van der Waals surface area contributed by atoms with Crippen LogP contribution in [0.2, 0.25) is 0 Å². The summed E-state index contributed by atoms with van der Waals surface area (Å²) in [6.07, 6.45) is 9.62. The van der Waals surface area contributed by atoms with E-state index in [1.54, 1.807) is 0 Å². The Morgan fingerprint density at radius 1 is 0.971 bits per heavy atom. The van der Waals surface area contributed by atoms with E-state index in [9.17, 15) is 4.79 Å². The van der Waals surface area contributed by atoms with Gasteiger partial charge in [-0.15, -0.1) is 0 Å². The quantitative estimate of drug-likeness (QED) is 0.456. The van der Waals surface area contributed by atoms with Gasteiger partial charge in [0, 0.05) is 50.7 Å². The number of hydrogen-bond donors (Lipinski definition) is 1. The SMILES string of the molecule is O=C(NCCCN1CCN(C2CCCCC2)CC1)c1ccc2nc(CCc3ccccc3)oc2c1. The lowest BCUT2D eigenvalue weighted by Gasteiger charge is -2.40. The second-order valence-electron chi connectivity index (χ2n) is 10.1. The standard InChI is InChI=1S/C29H38N4O2/c34-29(30-16-7-17-32-18-20-33(21-19-32)25-10-5-2-6-11-25)24-13-14-26-27(22-24)35-28(31-26)15-12-23-8-3-1-4-9-23/h1,3-4,8-9,13-14,22,25H,2,5-7,10-12,15-21H2,(H,30,34). The van der Waals surface area contributed by atoms with E-state index in [0.717, 1.165) is 50.5 Å². The topological polar surface area (TPSA) is 61.6 Å². The molecule has 1 saturated carbocycles. The Hall–Kier alpha value is -2.70. The fraction of sp³-hybridized carbons (Fsp3) is 0.517. The van der Waals surface area contributed by atoms with Crippen LogP contribution in [0.15, 0.2) is 52.9 Å². The van der Waals surface area contributed by atoms with Gasteiger partial charge in [0.05, 0.1) is 0 Å². The summed E-state index contributed by atoms with van der Waals surface area (Å²) < 4.78 is 5.94. The highest BCUT2D eigenvalue weighted by Gasteiger charge is 2.24. The van der Waals surface area contributed by atoms with Crippen molar-refractivity contribution in [1.29, 1.82) is 0 Å². The van der Waals surface area contributed by atoms with E-state index in [1.165, 1.54) is 50.8 Å². The van der Waals surface area contributed by atoms with E-state index in [0.29, 0.717) is 23.6 Å². The summed E-state index contributed by atoms with van der Waals surface area (Å²) in [5, 5.41) is 3.08. The van der Waals surface area contributed by atoms with E-state index >= 15 is 0 Å². The van der Waals surface area contributed by atoms with Crippen LogP contribution in [-0.2, 0) is 12.8 Å². The minimum Gasteiger partial charge on any atom is -0.441 e. The van der Waals surface area contributed by atoms with Gasteiger partial charge in [-0.25, -0.2) is 4.98 Å². The van der Waals surface area contributed by atoms with Crippen LogP contribution in [0.3, 0.4) is 0 Å². The first-order chi connectivity index (χ1) is 17.2. The van der Waals surface area contributed by atoms with Crippen molar-refractivity contribution in [1.82, 2.24) is 20.1 Å². The minimum absolute atomic E-state index is 0.0451. The Morgan fingerprint density at radius 3 is 2.57 bits per heavy atom. The van der Waals surface area contributed by atoms with Gasteiger partial charge in [0.15, 0.2) is 11.5 Å². The Bertz CT molecular complexity index is 1080. The van der Waals surface area contributed by atoms with Gasteiger partial charge in [0.1, 0.15) is 5.52 Å². The van der Waals surface area contributed by atoms with Gasteiger partial charge >= 0.3 is 0 Å². The van der Waals surface area contributed by atoms with Crippen molar-refractivity contribution in [2.24, 2.45) is 0 Å². The van der Waals surface area contributed by atoms with E-state index in [-0.39, 0.29) is 5.91 Å². The van der Waals surface area contributed by atoms with Crippen LogP contribution in [0, 0.1) is 0 Å². The third-order valence-corrected chi connectivity index (χ3v) is 7.60. The molecule has 0 bridgehead atoms. The Morgan fingerprint density at radius 2 is 1.77 bits per heavy atom. The first-order valence-electron chi connectivity index (χ1n) is 13.4. The van der Waals surface area contributed by atoms with E-state index < -0.39 is 0 Å². The molecule has 3 aromatic rings. The largest absolute Gasteiger partial charge is 0.441 e. The lowest BCUT2D eigenvalue weighted by molar-refractivity contribution is 0.0779. The third-order valence-electron chi connectivity index (χ3n) is 7.60. The number of aryl methyl sites for hydroxylation is 2. The van der Waals surface area contributed by atoms with Gasteiger partial charge in [-0.2, -0.15) is 0 Å². The number of aromatic nitrogens is 1. The van der Waals surface area contributed by atoms with Gasteiger partial charge in [-0.1, -0.05) is 49.6 Å². The van der Waals surface area contributed by atoms with Crippen LogP contribution in [0.1, 0.15) is 60.3 Å². The highest BCUT2D eigenvalue weighted by molar-refractivity contribution is 5.97. The molecule has 1 aromatic heterocycles. The van der Waals surface area contributed by atoms with Crippen LogP contribution >= 0.6 is 0 Å². The maximum absolute atomic E-state index is 12.7. The summed E-state index contributed by atoms with van der Waals surface area (Å²) >= 11 is 0. The molecule has 2 fully saturated rings. The number of carbonyl (C=O) groups is 1. The average Bonchev–Trinajstić information content (AvgIpc) is 3.33. The normalized spacial score (nSPS) is 18.2. The van der Waals surface area contributed by atoms with Crippen LogP contribution in [0.5, 0.6) is 0 Å². The van der Waals surface area contributed by atoms with Crippen molar-refractivity contribution in [3.05, 3.63) is 65.5 Å². The van der Waals surface area contributed by atoms with Crippen LogP contribution < -0.4 is 5.32 Å². The fourth-order valence-corrected chi connectivity index (χ4v) is 5.52. The van der Waals surface area contributed by atoms with E-state index in [4.69, 9.17) is 4.42 Å². The zero-order chi connectivity index (χ0) is 23.9. The lowest BCUT2D eigenvalue weighted by Crippen LogP contribution is -2.51. The number of fused-ring (bicyclic) bond motifs is 1. The number of nitrogens with zero attached hydrogens (tertiary/aromatic N) is 3. The molecule has 6 heteroatoms. The van der Waals surface area contributed by atoms with Crippen molar-refractivity contribution in [2.75, 3.05) is 39.3 Å². The maximum atomic E-state index is 12.7. The molecule has 35 heavy (non-hydrogen) atoms. The molecule has 1 saturated heterocycles. The van der Waals surface area contributed by atoms with Crippen molar-refractivity contribution in [3.8, 4) is 0 Å². The van der Waals surface area contributed by atoms with Crippen LogP contribution in [-0.4, -0.2) is 66.0 Å². The number of nitrogens with one attached hydrogen (secondary N) is 1. The Kier molecular flexibility index (Phi) is 8.11. The summed E-state index contributed by atoms with van der Waals surface area (Å²) in [7, 11) is 0. The van der Waals surface area contributed by atoms with Crippen molar-refractivity contribution >= 4 is 17.0 Å². The second kappa shape index (κ2) is 11.8. The molecule has 6 nitrogen and oxygen atoms in total. The molecular formula is C29H38N4O2. The molecule has 2 aliphatic rings. The summed E-state index contributed by atoms with van der Waals surface area (Å²) in [6, 6.07) is 16.7. The first kappa shape index (κ1) is 24.0. The fourth-order valence-electron chi connectivity index (χ4n) is 5.52. The Balaban J connectivity index is 1.04. The average molecular weight is 475 g/mol. The number of oxazole rings is 1. The molecule has 0 unspecified atom stereocenters. The molecule has 2 heterocycles. The predicted molar refractivity (Wildman–Crippen MR) is 140 cm³/mol. The highest BCUT2D eigenvalue weighted by atomic mass is 16.3. The van der Waals surface area contributed by atoms with E-state index in [2.05, 4.69) is 32.2 Å². The molecule has 1 N–H and O–H groups in total. The van der Waals surface area contributed by atoms with Crippen LogP contribution in [0.4, 0.5) is 0 Å². The van der Waals surface area contributed by atoms with E-state index in [1.807, 2.05) is 36.4 Å². The summed E-state index contributed by atoms with van der Waals surface area (Å²) in [4.78, 5) is 22.5. The summed E-state index contributed by atoms with van der Waals surface area (Å²) in [6.45, 7) is 6.44. The first-order valence-corrected chi connectivity index (χ1v) is 13.4. The van der Waals surface area contributed by atoms with Gasteiger partial charge in [-0.3, -0.25) is 9.69 Å². The molecule has 1 aliphatic carbocycles. The van der Waals surface area contributed by atoms with Gasteiger partial charge in [-0.05, 0) is 56.0 Å². The lowest BCUT2D eigenvalue weighted by atomic mass is 9.94. The summed E-state index contributed by atoms with van der Waals surface area (Å²) in [5.41, 5.74) is 3.37. The second-order valence-corrected chi connectivity index (χ2v) is 10.1. The van der Waals surface area contributed by atoms with Crippen molar-refractivity contribution in [2.45, 2.75) is 57.4 Å². The molecular weight excluding hydrogens is 436 g/mol. The number of carbonyl (C=O) groups excluding carboxylic acids is 1. The van der Waals surface area contributed by atoms with Crippen molar-refractivity contribution < 1.29 is 9.21 Å². The number of benzene rings is 2. The van der Waals surface area contributed by atoms with Gasteiger partial charge in [0.25, 0.3) is 5.91 Å². The molecule has 0 radical (unpaired) electrons. The highest BCUT2D eigenvalue weighted by Crippen LogP contribution is 2.23. The van der Waals surface area contributed by atoms with Crippen molar-refractivity contribution in [3.63, 3.8) is 0 Å². The van der Waals surface area contributed by atoms with Crippen LogP contribution in [0.25, 0.3) is 11.1 Å².